The minimum atomic E-state index is 0.464. The molecular weight excluding hydrogens is 242 g/mol. The van der Waals surface area contributed by atoms with Crippen molar-refractivity contribution >= 4 is 21.7 Å². The second kappa shape index (κ2) is 5.96. The summed E-state index contributed by atoms with van der Waals surface area (Å²) in [5, 5.41) is 1.02. The first-order chi connectivity index (χ1) is 6.75. The Kier molecular flexibility index (Phi) is 4.87. The summed E-state index contributed by atoms with van der Waals surface area (Å²) in [6, 6.07) is 0.464. The smallest absolute Gasteiger partial charge is 0.147 e. The normalized spacial score (nSPS) is 10.6. The fourth-order valence-corrected chi connectivity index (χ4v) is 1.56. The predicted octanol–water partition coefficient (Wildman–Crippen LogP) is 2.48. The lowest BCUT2D eigenvalue weighted by Crippen LogP contribution is -2.32. The zero-order valence-corrected chi connectivity index (χ0v) is 10.2. The van der Waals surface area contributed by atoms with E-state index < -0.39 is 0 Å². The van der Waals surface area contributed by atoms with Crippen molar-refractivity contribution in [1.82, 2.24) is 9.97 Å². The largest absolute Gasteiger partial charge is 0.353 e. The van der Waals surface area contributed by atoms with Crippen molar-refractivity contribution in [3.05, 3.63) is 18.6 Å². The highest BCUT2D eigenvalue weighted by Gasteiger charge is 2.10. The monoisotopic (exact) mass is 257 g/mol. The van der Waals surface area contributed by atoms with E-state index in [2.05, 4.69) is 44.6 Å². The molecule has 0 amide bonds. The molecule has 0 aliphatic carbocycles. The predicted molar refractivity (Wildman–Crippen MR) is 62.9 cm³/mol. The number of aromatic nitrogens is 2. The van der Waals surface area contributed by atoms with Gasteiger partial charge >= 0.3 is 0 Å². The molecule has 0 saturated carbocycles. The number of halogens is 1. The maximum absolute atomic E-state index is 4.30. The van der Waals surface area contributed by atoms with Gasteiger partial charge < -0.3 is 4.90 Å². The fraction of sp³-hybridized carbons (Fsp3) is 0.600. The van der Waals surface area contributed by atoms with Gasteiger partial charge in [0.1, 0.15) is 5.82 Å². The van der Waals surface area contributed by atoms with E-state index in [1.807, 2.05) is 6.20 Å². The highest BCUT2D eigenvalue weighted by molar-refractivity contribution is 9.09. The molecule has 0 aromatic carbocycles. The van der Waals surface area contributed by atoms with Crippen LogP contribution in [0.3, 0.4) is 0 Å². The lowest BCUT2D eigenvalue weighted by Gasteiger charge is -2.27. The van der Waals surface area contributed by atoms with Gasteiger partial charge in [0, 0.05) is 30.3 Å². The van der Waals surface area contributed by atoms with Gasteiger partial charge in [0.2, 0.25) is 0 Å². The van der Waals surface area contributed by atoms with Gasteiger partial charge in [0.15, 0.2) is 0 Å². The SMILES string of the molecule is CC(C)N(CCCBr)c1cnccn1. The molecule has 0 spiro atoms. The standard InChI is InChI=1S/C10H16BrN3/c1-9(2)14(7-3-4-11)10-8-12-5-6-13-10/h5-6,8-9H,3-4,7H2,1-2H3. The van der Waals surface area contributed by atoms with Crippen LogP contribution in [0.5, 0.6) is 0 Å². The van der Waals surface area contributed by atoms with Gasteiger partial charge in [-0.25, -0.2) is 4.98 Å². The van der Waals surface area contributed by atoms with Gasteiger partial charge in [-0.05, 0) is 20.3 Å². The molecule has 14 heavy (non-hydrogen) atoms. The van der Waals surface area contributed by atoms with Crippen LogP contribution in [-0.4, -0.2) is 27.9 Å². The van der Waals surface area contributed by atoms with Gasteiger partial charge in [-0.15, -0.1) is 0 Å². The molecule has 78 valence electrons. The van der Waals surface area contributed by atoms with Crippen molar-refractivity contribution in [3.8, 4) is 0 Å². The first kappa shape index (κ1) is 11.4. The summed E-state index contributed by atoms with van der Waals surface area (Å²) >= 11 is 3.44. The summed E-state index contributed by atoms with van der Waals surface area (Å²) in [5.41, 5.74) is 0. The molecule has 0 radical (unpaired) electrons. The molecule has 0 aliphatic heterocycles. The van der Waals surface area contributed by atoms with Gasteiger partial charge in [-0.2, -0.15) is 0 Å². The molecule has 1 aromatic rings. The maximum Gasteiger partial charge on any atom is 0.147 e. The summed E-state index contributed by atoms with van der Waals surface area (Å²) in [6.45, 7) is 5.35. The molecule has 0 N–H and O–H groups in total. The van der Waals surface area contributed by atoms with E-state index in [9.17, 15) is 0 Å². The second-order valence-electron chi connectivity index (χ2n) is 3.39. The third kappa shape index (κ3) is 3.25. The Morgan fingerprint density at radius 1 is 1.43 bits per heavy atom. The van der Waals surface area contributed by atoms with Gasteiger partial charge in [0.05, 0.1) is 6.20 Å². The van der Waals surface area contributed by atoms with Gasteiger partial charge in [-0.1, -0.05) is 15.9 Å². The number of hydrogen-bond donors (Lipinski definition) is 0. The van der Waals surface area contributed by atoms with Crippen LogP contribution in [0.15, 0.2) is 18.6 Å². The molecule has 3 nitrogen and oxygen atoms in total. The van der Waals surface area contributed by atoms with Crippen LogP contribution in [0.2, 0.25) is 0 Å². The molecule has 0 unspecified atom stereocenters. The Hall–Kier alpha value is -0.640. The molecule has 0 aliphatic rings. The lowest BCUT2D eigenvalue weighted by molar-refractivity contribution is 0.663. The highest BCUT2D eigenvalue weighted by Crippen LogP contribution is 2.12. The molecular formula is C10H16BrN3. The van der Waals surface area contributed by atoms with E-state index in [0.29, 0.717) is 6.04 Å². The molecule has 0 atom stereocenters. The van der Waals surface area contributed by atoms with E-state index in [1.54, 1.807) is 12.4 Å². The van der Waals surface area contributed by atoms with E-state index in [-0.39, 0.29) is 0 Å². The van der Waals surface area contributed by atoms with Crippen molar-refractivity contribution in [2.45, 2.75) is 26.3 Å². The Morgan fingerprint density at radius 3 is 2.71 bits per heavy atom. The molecule has 1 aromatic heterocycles. The number of alkyl halides is 1. The minimum Gasteiger partial charge on any atom is -0.353 e. The van der Waals surface area contributed by atoms with Gasteiger partial charge in [-0.3, -0.25) is 4.98 Å². The number of nitrogens with zero attached hydrogens (tertiary/aromatic N) is 3. The summed E-state index contributed by atoms with van der Waals surface area (Å²) in [5.74, 6) is 0.962. The van der Waals surface area contributed by atoms with Crippen molar-refractivity contribution in [3.63, 3.8) is 0 Å². The number of hydrogen-bond acceptors (Lipinski definition) is 3. The molecule has 0 saturated heterocycles. The summed E-state index contributed by atoms with van der Waals surface area (Å²) < 4.78 is 0. The third-order valence-electron chi connectivity index (χ3n) is 2.00. The van der Waals surface area contributed by atoms with E-state index in [1.165, 1.54) is 0 Å². The Bertz CT molecular complexity index is 251. The first-order valence-electron chi connectivity index (χ1n) is 4.84. The molecule has 0 bridgehead atoms. The van der Waals surface area contributed by atoms with Crippen molar-refractivity contribution in [1.29, 1.82) is 0 Å². The Labute approximate surface area is 93.7 Å². The van der Waals surface area contributed by atoms with E-state index in [4.69, 9.17) is 0 Å². The first-order valence-corrected chi connectivity index (χ1v) is 5.96. The lowest BCUT2D eigenvalue weighted by atomic mass is 10.3. The Balaban J connectivity index is 2.68. The molecule has 0 fully saturated rings. The number of rotatable bonds is 5. The van der Waals surface area contributed by atoms with E-state index >= 15 is 0 Å². The highest BCUT2D eigenvalue weighted by atomic mass is 79.9. The van der Waals surface area contributed by atoms with Crippen molar-refractivity contribution in [2.24, 2.45) is 0 Å². The molecule has 1 rings (SSSR count). The topological polar surface area (TPSA) is 29.0 Å². The van der Waals surface area contributed by atoms with Crippen LogP contribution in [0.1, 0.15) is 20.3 Å². The van der Waals surface area contributed by atoms with Crippen molar-refractivity contribution < 1.29 is 0 Å². The van der Waals surface area contributed by atoms with Crippen LogP contribution in [0.4, 0.5) is 5.82 Å². The van der Waals surface area contributed by atoms with Gasteiger partial charge in [0.25, 0.3) is 0 Å². The fourth-order valence-electron chi connectivity index (χ4n) is 1.31. The zero-order valence-electron chi connectivity index (χ0n) is 8.65. The van der Waals surface area contributed by atoms with Crippen LogP contribution >= 0.6 is 15.9 Å². The third-order valence-corrected chi connectivity index (χ3v) is 2.56. The van der Waals surface area contributed by atoms with Crippen LogP contribution in [0.25, 0.3) is 0 Å². The summed E-state index contributed by atoms with van der Waals surface area (Å²) in [4.78, 5) is 10.6. The van der Waals surface area contributed by atoms with Crippen LogP contribution in [0, 0.1) is 0 Å². The second-order valence-corrected chi connectivity index (χ2v) is 4.19. The van der Waals surface area contributed by atoms with Crippen molar-refractivity contribution in [2.75, 3.05) is 16.8 Å². The quantitative estimate of drug-likeness (QED) is 0.760. The molecule has 1 heterocycles. The summed E-state index contributed by atoms with van der Waals surface area (Å²) in [6.07, 6.45) is 6.37. The average Bonchev–Trinajstić information content (AvgIpc) is 2.19. The molecule has 4 heteroatoms. The summed E-state index contributed by atoms with van der Waals surface area (Å²) in [7, 11) is 0. The van der Waals surface area contributed by atoms with Crippen LogP contribution in [-0.2, 0) is 0 Å². The number of anilines is 1. The van der Waals surface area contributed by atoms with E-state index in [0.717, 1.165) is 24.1 Å². The average molecular weight is 258 g/mol. The Morgan fingerprint density at radius 2 is 2.21 bits per heavy atom. The minimum absolute atomic E-state index is 0.464. The maximum atomic E-state index is 4.30. The van der Waals surface area contributed by atoms with Crippen LogP contribution < -0.4 is 4.90 Å². The zero-order chi connectivity index (χ0) is 10.4.